The lowest BCUT2D eigenvalue weighted by atomic mass is 9.68. The highest BCUT2D eigenvalue weighted by Crippen LogP contribution is 2.41. The number of carbonyl (C=O) groups excluding carboxylic acids is 2. The Hall–Kier alpha value is -3.02. The van der Waals surface area contributed by atoms with Gasteiger partial charge >= 0.3 is 6.03 Å². The molecule has 4 rings (SSSR count). The summed E-state index contributed by atoms with van der Waals surface area (Å²) < 4.78 is 5.30. The number of hydrogen-bond acceptors (Lipinski definition) is 3. The number of nitrogens with zero attached hydrogens (tertiary/aromatic N) is 1. The molecule has 176 valence electrons. The van der Waals surface area contributed by atoms with Gasteiger partial charge in [-0.15, -0.1) is 0 Å². The van der Waals surface area contributed by atoms with E-state index in [1.54, 1.807) is 7.11 Å². The van der Waals surface area contributed by atoms with Gasteiger partial charge in [-0.2, -0.15) is 0 Å². The Morgan fingerprint density at radius 2 is 1.30 bits per heavy atom. The molecule has 3 amide bonds. The first kappa shape index (κ1) is 23.1. The molecular weight excluding hydrogens is 414 g/mol. The van der Waals surface area contributed by atoms with Gasteiger partial charge in [-0.3, -0.25) is 4.79 Å². The Morgan fingerprint density at radius 1 is 0.758 bits per heavy atom. The molecule has 2 aromatic rings. The standard InChI is InChI=1S/C27H35N3O3/c1-33-24-15-9-21(10-16-24)27(17-5-4-6-18-27)25(31)28-22-11-13-23(14-12-22)29-26(32)30-19-7-2-3-8-20-30/h9-16H,2-8,17-20H2,1H3,(H,28,31)(H,29,32). The maximum Gasteiger partial charge on any atom is 0.321 e. The molecule has 6 heteroatoms. The summed E-state index contributed by atoms with van der Waals surface area (Å²) in [6.45, 7) is 1.63. The smallest absolute Gasteiger partial charge is 0.321 e. The van der Waals surface area contributed by atoms with Crippen molar-refractivity contribution < 1.29 is 14.3 Å². The van der Waals surface area contributed by atoms with Crippen LogP contribution >= 0.6 is 0 Å². The number of amides is 3. The average molecular weight is 450 g/mol. The molecule has 0 spiro atoms. The number of rotatable bonds is 5. The van der Waals surface area contributed by atoms with Crippen molar-refractivity contribution in [3.8, 4) is 5.75 Å². The molecule has 2 fully saturated rings. The van der Waals surface area contributed by atoms with Gasteiger partial charge in [0.2, 0.25) is 5.91 Å². The van der Waals surface area contributed by atoms with Crippen LogP contribution in [0.3, 0.4) is 0 Å². The summed E-state index contributed by atoms with van der Waals surface area (Å²) in [5.41, 5.74) is 2.00. The molecule has 0 bridgehead atoms. The first-order chi connectivity index (χ1) is 16.1. The molecule has 1 saturated heterocycles. The first-order valence-electron chi connectivity index (χ1n) is 12.2. The van der Waals surface area contributed by atoms with Gasteiger partial charge in [0.25, 0.3) is 0 Å². The highest BCUT2D eigenvalue weighted by molar-refractivity contribution is 5.99. The molecule has 2 aliphatic rings. The first-order valence-corrected chi connectivity index (χ1v) is 12.2. The zero-order valence-electron chi connectivity index (χ0n) is 19.6. The van der Waals surface area contributed by atoms with Gasteiger partial charge in [-0.25, -0.2) is 4.79 Å². The Labute approximate surface area is 196 Å². The van der Waals surface area contributed by atoms with Gasteiger partial charge < -0.3 is 20.3 Å². The van der Waals surface area contributed by atoms with Crippen molar-refractivity contribution in [1.82, 2.24) is 4.90 Å². The van der Waals surface area contributed by atoms with Gasteiger partial charge in [0.15, 0.2) is 0 Å². The normalized spacial score (nSPS) is 18.2. The SMILES string of the molecule is COc1ccc(C2(C(=O)Nc3ccc(NC(=O)N4CCCCCC4)cc3)CCCCC2)cc1. The van der Waals surface area contributed by atoms with Crippen LogP contribution in [0, 0.1) is 0 Å². The predicted octanol–water partition coefficient (Wildman–Crippen LogP) is 5.94. The molecular formula is C27H35N3O3. The highest BCUT2D eigenvalue weighted by Gasteiger charge is 2.41. The van der Waals surface area contributed by atoms with E-state index in [1.165, 1.54) is 12.8 Å². The molecule has 33 heavy (non-hydrogen) atoms. The van der Waals surface area contributed by atoms with Crippen LogP contribution < -0.4 is 15.4 Å². The summed E-state index contributed by atoms with van der Waals surface area (Å²) >= 11 is 0. The highest BCUT2D eigenvalue weighted by atomic mass is 16.5. The van der Waals surface area contributed by atoms with Gasteiger partial charge in [0.1, 0.15) is 5.75 Å². The summed E-state index contributed by atoms with van der Waals surface area (Å²) in [5.74, 6) is 0.830. The number of anilines is 2. The number of benzene rings is 2. The summed E-state index contributed by atoms with van der Waals surface area (Å²) in [4.78, 5) is 28.0. The van der Waals surface area contributed by atoms with E-state index in [4.69, 9.17) is 4.74 Å². The molecule has 1 saturated carbocycles. The molecule has 0 unspecified atom stereocenters. The number of nitrogens with one attached hydrogen (secondary N) is 2. The van der Waals surface area contributed by atoms with Crippen LogP contribution in [0.2, 0.25) is 0 Å². The third-order valence-electron chi connectivity index (χ3n) is 7.07. The van der Waals surface area contributed by atoms with Crippen molar-refractivity contribution in [2.75, 3.05) is 30.8 Å². The number of methoxy groups -OCH3 is 1. The van der Waals surface area contributed by atoms with E-state index in [9.17, 15) is 9.59 Å². The number of carbonyl (C=O) groups is 2. The molecule has 2 aromatic carbocycles. The molecule has 0 aromatic heterocycles. The van der Waals surface area contributed by atoms with Crippen molar-refractivity contribution >= 4 is 23.3 Å². The van der Waals surface area contributed by atoms with Crippen molar-refractivity contribution in [2.24, 2.45) is 0 Å². The Kier molecular flexibility index (Phi) is 7.53. The van der Waals surface area contributed by atoms with Crippen LogP contribution in [0.1, 0.15) is 63.4 Å². The lowest BCUT2D eigenvalue weighted by molar-refractivity contribution is -0.122. The Morgan fingerprint density at radius 3 is 1.88 bits per heavy atom. The lowest BCUT2D eigenvalue weighted by Crippen LogP contribution is -2.42. The van der Waals surface area contributed by atoms with Crippen molar-refractivity contribution in [2.45, 2.75) is 63.2 Å². The molecule has 6 nitrogen and oxygen atoms in total. The number of urea groups is 1. The van der Waals surface area contributed by atoms with Crippen LogP contribution in [0.25, 0.3) is 0 Å². The van der Waals surface area contributed by atoms with Crippen molar-refractivity contribution in [1.29, 1.82) is 0 Å². The minimum atomic E-state index is -0.524. The van der Waals surface area contributed by atoms with Crippen LogP contribution in [-0.4, -0.2) is 37.0 Å². The molecule has 1 heterocycles. The zero-order valence-corrected chi connectivity index (χ0v) is 19.6. The quantitative estimate of drug-likeness (QED) is 0.593. The van der Waals surface area contributed by atoms with E-state index >= 15 is 0 Å². The summed E-state index contributed by atoms with van der Waals surface area (Å²) in [7, 11) is 1.65. The number of ether oxygens (including phenoxy) is 1. The summed E-state index contributed by atoms with van der Waals surface area (Å²) in [6, 6.07) is 15.3. The second-order valence-electron chi connectivity index (χ2n) is 9.23. The van der Waals surface area contributed by atoms with E-state index in [-0.39, 0.29) is 11.9 Å². The molecule has 0 atom stereocenters. The summed E-state index contributed by atoms with van der Waals surface area (Å²) in [6.07, 6.45) is 9.44. The van der Waals surface area contributed by atoms with Crippen LogP contribution in [0.15, 0.2) is 48.5 Å². The van der Waals surface area contributed by atoms with Crippen LogP contribution in [0.5, 0.6) is 5.75 Å². The van der Waals surface area contributed by atoms with E-state index in [0.717, 1.165) is 80.7 Å². The molecule has 2 N–H and O–H groups in total. The van der Waals surface area contributed by atoms with Gasteiger partial charge in [0.05, 0.1) is 12.5 Å². The fraction of sp³-hybridized carbons (Fsp3) is 0.481. The second kappa shape index (κ2) is 10.7. The Balaban J connectivity index is 1.43. The van der Waals surface area contributed by atoms with Crippen LogP contribution in [-0.2, 0) is 10.2 Å². The predicted molar refractivity (Wildman–Crippen MR) is 132 cm³/mol. The maximum atomic E-state index is 13.5. The Bertz CT molecular complexity index is 926. The minimum absolute atomic E-state index is 0.0359. The second-order valence-corrected chi connectivity index (χ2v) is 9.23. The van der Waals surface area contributed by atoms with Gasteiger partial charge in [-0.1, -0.05) is 44.2 Å². The van der Waals surface area contributed by atoms with Gasteiger partial charge in [-0.05, 0) is 67.6 Å². The van der Waals surface area contributed by atoms with E-state index in [1.807, 2.05) is 53.4 Å². The van der Waals surface area contributed by atoms with Crippen LogP contribution in [0.4, 0.5) is 16.2 Å². The van der Waals surface area contributed by atoms with E-state index in [2.05, 4.69) is 10.6 Å². The molecule has 1 aliphatic carbocycles. The monoisotopic (exact) mass is 449 g/mol. The van der Waals surface area contributed by atoms with E-state index < -0.39 is 5.41 Å². The maximum absolute atomic E-state index is 13.5. The van der Waals surface area contributed by atoms with Gasteiger partial charge in [0, 0.05) is 24.5 Å². The molecule has 0 radical (unpaired) electrons. The number of likely N-dealkylation sites (tertiary alicyclic amines) is 1. The topological polar surface area (TPSA) is 70.7 Å². The third-order valence-corrected chi connectivity index (χ3v) is 7.07. The lowest BCUT2D eigenvalue weighted by Gasteiger charge is -2.36. The largest absolute Gasteiger partial charge is 0.497 e. The summed E-state index contributed by atoms with van der Waals surface area (Å²) in [5, 5.41) is 6.13. The van der Waals surface area contributed by atoms with Crippen molar-refractivity contribution in [3.05, 3.63) is 54.1 Å². The fourth-order valence-corrected chi connectivity index (χ4v) is 5.08. The third kappa shape index (κ3) is 5.49. The van der Waals surface area contributed by atoms with Crippen molar-refractivity contribution in [3.63, 3.8) is 0 Å². The zero-order chi connectivity index (χ0) is 23.1. The minimum Gasteiger partial charge on any atom is -0.497 e. The fourth-order valence-electron chi connectivity index (χ4n) is 5.08. The van der Waals surface area contributed by atoms with E-state index in [0.29, 0.717) is 0 Å². The number of hydrogen-bond donors (Lipinski definition) is 2. The molecule has 1 aliphatic heterocycles. The average Bonchev–Trinajstić information content (AvgIpc) is 3.15.